The van der Waals surface area contributed by atoms with Crippen LogP contribution in [0.2, 0.25) is 10.0 Å². The number of ether oxygens (including phenoxy) is 1. The SMILES string of the molecule is CN(CC(=O)OC(C)(C)C)Cc1csc(NC(=O)NCc2ccc(Cl)c(Cl)c2)n1. The third-order valence-corrected chi connectivity index (χ3v) is 5.01. The van der Waals surface area contributed by atoms with Crippen molar-refractivity contribution in [1.29, 1.82) is 0 Å². The van der Waals surface area contributed by atoms with Crippen LogP contribution in [0.25, 0.3) is 0 Å². The Morgan fingerprint density at radius 3 is 2.62 bits per heavy atom. The van der Waals surface area contributed by atoms with Gasteiger partial charge in [0.2, 0.25) is 0 Å². The number of aromatic nitrogens is 1. The summed E-state index contributed by atoms with van der Waals surface area (Å²) in [5.41, 5.74) is 1.07. The van der Waals surface area contributed by atoms with E-state index in [9.17, 15) is 9.59 Å². The zero-order valence-electron chi connectivity index (χ0n) is 16.7. The minimum Gasteiger partial charge on any atom is -0.459 e. The third-order valence-electron chi connectivity index (χ3n) is 3.46. The summed E-state index contributed by atoms with van der Waals surface area (Å²) in [6.07, 6.45) is 0. The Kier molecular flexibility index (Phi) is 8.27. The van der Waals surface area contributed by atoms with Crippen LogP contribution in [0.5, 0.6) is 0 Å². The third kappa shape index (κ3) is 8.57. The molecule has 1 heterocycles. The molecule has 10 heteroatoms. The van der Waals surface area contributed by atoms with Gasteiger partial charge < -0.3 is 10.1 Å². The van der Waals surface area contributed by atoms with Crippen molar-refractivity contribution >= 4 is 51.7 Å². The largest absolute Gasteiger partial charge is 0.459 e. The average molecular weight is 459 g/mol. The number of carbonyl (C=O) groups is 2. The van der Waals surface area contributed by atoms with Crippen molar-refractivity contribution in [3.05, 3.63) is 44.9 Å². The number of amides is 2. The molecular weight excluding hydrogens is 435 g/mol. The number of benzene rings is 1. The lowest BCUT2D eigenvalue weighted by molar-refractivity contribution is -0.155. The van der Waals surface area contributed by atoms with E-state index in [0.29, 0.717) is 28.3 Å². The van der Waals surface area contributed by atoms with Crippen LogP contribution in [-0.2, 0) is 22.6 Å². The molecule has 0 aliphatic rings. The van der Waals surface area contributed by atoms with Gasteiger partial charge in [0.05, 0.1) is 22.3 Å². The maximum absolute atomic E-state index is 12.1. The zero-order chi connectivity index (χ0) is 21.6. The second-order valence-electron chi connectivity index (χ2n) is 7.46. The molecule has 1 aromatic carbocycles. The van der Waals surface area contributed by atoms with E-state index in [1.54, 1.807) is 30.1 Å². The van der Waals surface area contributed by atoms with Crippen molar-refractivity contribution in [2.75, 3.05) is 18.9 Å². The summed E-state index contributed by atoms with van der Waals surface area (Å²) in [5.74, 6) is -0.296. The van der Waals surface area contributed by atoms with E-state index in [-0.39, 0.29) is 18.5 Å². The van der Waals surface area contributed by atoms with E-state index in [1.807, 2.05) is 26.2 Å². The second kappa shape index (κ2) is 10.2. The Balaban J connectivity index is 1.79. The van der Waals surface area contributed by atoms with Gasteiger partial charge in [-0.1, -0.05) is 29.3 Å². The molecule has 0 bridgehead atoms. The number of urea groups is 1. The van der Waals surface area contributed by atoms with Gasteiger partial charge in [-0.25, -0.2) is 9.78 Å². The van der Waals surface area contributed by atoms with Gasteiger partial charge in [-0.15, -0.1) is 11.3 Å². The molecular formula is C19H24Cl2N4O3S. The standard InChI is InChI=1S/C19H24Cl2N4O3S/c1-19(2,3)28-16(26)10-25(4)9-13-11-29-18(23-13)24-17(27)22-8-12-5-6-14(20)15(21)7-12/h5-7,11H,8-10H2,1-4H3,(H2,22,23,24,27). The van der Waals surface area contributed by atoms with Crippen molar-refractivity contribution < 1.29 is 14.3 Å². The van der Waals surface area contributed by atoms with Gasteiger partial charge in [0, 0.05) is 18.5 Å². The molecule has 0 fully saturated rings. The first kappa shape index (κ1) is 23.4. The van der Waals surface area contributed by atoms with Gasteiger partial charge in [0.1, 0.15) is 5.60 Å². The number of anilines is 1. The highest BCUT2D eigenvalue weighted by Crippen LogP contribution is 2.22. The number of nitrogens with one attached hydrogen (secondary N) is 2. The number of nitrogens with zero attached hydrogens (tertiary/aromatic N) is 2. The number of carbonyl (C=O) groups excluding carboxylic acids is 2. The first-order valence-corrected chi connectivity index (χ1v) is 10.5. The van der Waals surface area contributed by atoms with E-state index >= 15 is 0 Å². The highest BCUT2D eigenvalue weighted by Gasteiger charge is 2.18. The first-order chi connectivity index (χ1) is 13.5. The van der Waals surface area contributed by atoms with Gasteiger partial charge in [0.25, 0.3) is 0 Å². The minimum absolute atomic E-state index is 0.154. The maximum atomic E-state index is 12.1. The van der Waals surface area contributed by atoms with Crippen molar-refractivity contribution in [1.82, 2.24) is 15.2 Å². The minimum atomic E-state index is -0.514. The molecule has 2 amide bonds. The van der Waals surface area contributed by atoms with E-state index in [4.69, 9.17) is 27.9 Å². The lowest BCUT2D eigenvalue weighted by atomic mass is 10.2. The lowest BCUT2D eigenvalue weighted by Gasteiger charge is -2.22. The number of likely N-dealkylation sites (N-methyl/N-ethyl adjacent to an activating group) is 1. The number of hydrogen-bond donors (Lipinski definition) is 2. The quantitative estimate of drug-likeness (QED) is 0.594. The number of halogens is 2. The molecule has 7 nitrogen and oxygen atoms in total. The van der Waals surface area contributed by atoms with Crippen LogP contribution >= 0.6 is 34.5 Å². The zero-order valence-corrected chi connectivity index (χ0v) is 19.0. The van der Waals surface area contributed by atoms with Crippen LogP contribution in [0.1, 0.15) is 32.0 Å². The van der Waals surface area contributed by atoms with E-state index in [0.717, 1.165) is 11.3 Å². The van der Waals surface area contributed by atoms with Crippen LogP contribution in [0.4, 0.5) is 9.93 Å². The van der Waals surface area contributed by atoms with E-state index < -0.39 is 5.60 Å². The van der Waals surface area contributed by atoms with Crippen molar-refractivity contribution in [2.45, 2.75) is 39.5 Å². The fraction of sp³-hybridized carbons (Fsp3) is 0.421. The van der Waals surface area contributed by atoms with Crippen molar-refractivity contribution in [3.8, 4) is 0 Å². The monoisotopic (exact) mass is 458 g/mol. The predicted octanol–water partition coefficient (Wildman–Crippen LogP) is 4.55. The Morgan fingerprint density at radius 2 is 1.97 bits per heavy atom. The summed E-state index contributed by atoms with van der Waals surface area (Å²) in [5, 5.41) is 8.63. The number of hydrogen-bond acceptors (Lipinski definition) is 6. The lowest BCUT2D eigenvalue weighted by Crippen LogP contribution is -2.32. The van der Waals surface area contributed by atoms with Gasteiger partial charge in [0.15, 0.2) is 5.13 Å². The molecule has 1 aromatic heterocycles. The molecule has 0 aliphatic carbocycles. The Hall–Kier alpha value is -1.87. The van der Waals surface area contributed by atoms with Gasteiger partial charge in [-0.05, 0) is 45.5 Å². The predicted molar refractivity (Wildman–Crippen MR) is 117 cm³/mol. The number of thiazole rings is 1. The number of esters is 1. The van der Waals surface area contributed by atoms with Crippen LogP contribution < -0.4 is 10.6 Å². The summed E-state index contributed by atoms with van der Waals surface area (Å²) >= 11 is 13.2. The van der Waals surface area contributed by atoms with Crippen LogP contribution in [-0.4, -0.2) is 41.1 Å². The van der Waals surface area contributed by atoms with Gasteiger partial charge >= 0.3 is 12.0 Å². The fourth-order valence-electron chi connectivity index (χ4n) is 2.34. The Morgan fingerprint density at radius 1 is 1.24 bits per heavy atom. The fourth-order valence-corrected chi connectivity index (χ4v) is 3.35. The highest BCUT2D eigenvalue weighted by atomic mass is 35.5. The van der Waals surface area contributed by atoms with Crippen molar-refractivity contribution in [3.63, 3.8) is 0 Å². The van der Waals surface area contributed by atoms with E-state index in [1.165, 1.54) is 11.3 Å². The highest BCUT2D eigenvalue weighted by molar-refractivity contribution is 7.13. The summed E-state index contributed by atoms with van der Waals surface area (Å²) in [4.78, 5) is 30.1. The Labute approximate surface area is 184 Å². The molecule has 0 unspecified atom stereocenters. The molecule has 0 atom stereocenters. The molecule has 0 saturated heterocycles. The first-order valence-electron chi connectivity index (χ1n) is 8.85. The average Bonchev–Trinajstić information content (AvgIpc) is 3.00. The molecule has 0 radical (unpaired) electrons. The topological polar surface area (TPSA) is 83.6 Å². The normalized spacial score (nSPS) is 11.4. The van der Waals surface area contributed by atoms with Crippen molar-refractivity contribution in [2.24, 2.45) is 0 Å². The summed E-state index contributed by atoms with van der Waals surface area (Å²) in [6, 6.07) is 4.79. The van der Waals surface area contributed by atoms with Crippen LogP contribution in [0.15, 0.2) is 23.6 Å². The summed E-state index contributed by atoms with van der Waals surface area (Å²) < 4.78 is 5.30. The van der Waals surface area contributed by atoms with Crippen LogP contribution in [0.3, 0.4) is 0 Å². The molecule has 29 heavy (non-hydrogen) atoms. The molecule has 2 rings (SSSR count). The molecule has 158 valence electrons. The van der Waals surface area contributed by atoms with Gasteiger partial charge in [-0.3, -0.25) is 15.0 Å². The smallest absolute Gasteiger partial charge is 0.321 e. The molecule has 0 aliphatic heterocycles. The van der Waals surface area contributed by atoms with E-state index in [2.05, 4.69) is 15.6 Å². The molecule has 0 spiro atoms. The molecule has 2 N–H and O–H groups in total. The molecule has 2 aromatic rings. The van der Waals surface area contributed by atoms with Gasteiger partial charge in [-0.2, -0.15) is 0 Å². The summed E-state index contributed by atoms with van der Waals surface area (Å²) in [6.45, 7) is 6.41. The maximum Gasteiger partial charge on any atom is 0.321 e. The Bertz CT molecular complexity index is 867. The second-order valence-corrected chi connectivity index (χ2v) is 9.13. The summed E-state index contributed by atoms with van der Waals surface area (Å²) in [7, 11) is 1.81. The number of rotatable bonds is 7. The molecule has 0 saturated carbocycles. The van der Waals surface area contributed by atoms with Crippen LogP contribution in [0, 0.1) is 0 Å².